The van der Waals surface area contributed by atoms with Gasteiger partial charge in [0.05, 0.1) is 24.3 Å². The molecule has 0 bridgehead atoms. The molecule has 3 rings (SSSR count). The summed E-state index contributed by atoms with van der Waals surface area (Å²) in [6.45, 7) is 2.84. The number of imidazole rings is 1. The fraction of sp³-hybridized carbons (Fsp3) is 0.300. The zero-order chi connectivity index (χ0) is 20.1. The van der Waals surface area contributed by atoms with Crippen LogP contribution in [0, 0.1) is 0 Å². The van der Waals surface area contributed by atoms with Crippen molar-refractivity contribution in [1.29, 1.82) is 0 Å². The average Bonchev–Trinajstić information content (AvgIpc) is 3.05. The van der Waals surface area contributed by atoms with Crippen LogP contribution in [0.15, 0.2) is 48.8 Å². The Morgan fingerprint density at radius 2 is 1.89 bits per heavy atom. The molecule has 0 aliphatic heterocycles. The van der Waals surface area contributed by atoms with Crippen molar-refractivity contribution >= 4 is 11.6 Å². The number of hydrogen-bond donors (Lipinski definition) is 1. The number of nitrogens with zero attached hydrogens (tertiary/aromatic N) is 2. The number of ether oxygens (including phenoxy) is 1. The molecule has 2 heterocycles. The summed E-state index contributed by atoms with van der Waals surface area (Å²) in [5.41, 5.74) is 1.19. The Kier molecular flexibility index (Phi) is 5.87. The maximum atomic E-state index is 12.8. The first-order valence-electron chi connectivity index (χ1n) is 8.88. The Hall–Kier alpha value is -3.03. The fourth-order valence-electron chi connectivity index (χ4n) is 2.78. The second-order valence-corrected chi connectivity index (χ2v) is 6.27. The quantitative estimate of drug-likeness (QED) is 0.669. The summed E-state index contributed by atoms with van der Waals surface area (Å²) < 4.78 is 45.0. The maximum absolute atomic E-state index is 12.8. The van der Waals surface area contributed by atoms with Gasteiger partial charge in [0.1, 0.15) is 11.4 Å². The summed E-state index contributed by atoms with van der Waals surface area (Å²) in [6, 6.07) is 9.65. The summed E-state index contributed by atoms with van der Waals surface area (Å²) in [5.74, 6) is 0.625. The molecule has 1 amide bonds. The monoisotopic (exact) mass is 391 g/mol. The van der Waals surface area contributed by atoms with E-state index in [2.05, 4.69) is 10.3 Å². The van der Waals surface area contributed by atoms with E-state index in [0.29, 0.717) is 30.9 Å². The highest BCUT2D eigenvalue weighted by atomic mass is 19.4. The van der Waals surface area contributed by atoms with Crippen LogP contribution in [-0.4, -0.2) is 28.4 Å². The molecular weight excluding hydrogens is 371 g/mol. The molecule has 2 aromatic heterocycles. The summed E-state index contributed by atoms with van der Waals surface area (Å²) in [7, 11) is 0. The van der Waals surface area contributed by atoms with Crippen molar-refractivity contribution in [2.45, 2.75) is 25.9 Å². The van der Waals surface area contributed by atoms with Gasteiger partial charge in [0.15, 0.2) is 0 Å². The van der Waals surface area contributed by atoms with Crippen molar-refractivity contribution in [3.63, 3.8) is 0 Å². The lowest BCUT2D eigenvalue weighted by molar-refractivity contribution is -0.137. The van der Waals surface area contributed by atoms with E-state index in [-0.39, 0.29) is 12.3 Å². The number of halogens is 3. The van der Waals surface area contributed by atoms with Crippen molar-refractivity contribution in [2.24, 2.45) is 0 Å². The van der Waals surface area contributed by atoms with Gasteiger partial charge in [0.25, 0.3) is 0 Å². The van der Waals surface area contributed by atoms with Gasteiger partial charge in [-0.15, -0.1) is 0 Å². The molecular formula is C20H20F3N3O2. The van der Waals surface area contributed by atoms with Gasteiger partial charge in [-0.05, 0) is 36.8 Å². The number of carbonyl (C=O) groups excluding carboxylic acids is 1. The molecule has 1 N–H and O–H groups in total. The molecule has 0 atom stereocenters. The number of benzene rings is 1. The van der Waals surface area contributed by atoms with Crippen molar-refractivity contribution in [3.8, 4) is 5.75 Å². The Morgan fingerprint density at radius 1 is 1.14 bits per heavy atom. The normalized spacial score (nSPS) is 11.6. The molecule has 0 spiro atoms. The van der Waals surface area contributed by atoms with Crippen molar-refractivity contribution < 1.29 is 22.7 Å². The van der Waals surface area contributed by atoms with Crippen LogP contribution >= 0.6 is 0 Å². The number of nitrogens with one attached hydrogen (secondary N) is 1. The molecule has 28 heavy (non-hydrogen) atoms. The number of pyridine rings is 1. The maximum Gasteiger partial charge on any atom is 0.417 e. The molecule has 0 aliphatic carbocycles. The molecule has 0 saturated carbocycles. The van der Waals surface area contributed by atoms with Crippen LogP contribution in [0.1, 0.15) is 23.7 Å². The van der Waals surface area contributed by atoms with Crippen LogP contribution in [0.4, 0.5) is 13.2 Å². The van der Waals surface area contributed by atoms with Gasteiger partial charge in [0.2, 0.25) is 5.91 Å². The molecule has 0 fully saturated rings. The zero-order valence-electron chi connectivity index (χ0n) is 15.3. The van der Waals surface area contributed by atoms with E-state index in [1.165, 1.54) is 10.5 Å². The highest BCUT2D eigenvalue weighted by Gasteiger charge is 2.30. The second kappa shape index (κ2) is 8.33. The predicted molar refractivity (Wildman–Crippen MR) is 98.2 cm³/mol. The molecule has 148 valence electrons. The molecule has 5 nitrogen and oxygen atoms in total. The van der Waals surface area contributed by atoms with Gasteiger partial charge in [-0.1, -0.05) is 12.1 Å². The lowest BCUT2D eigenvalue weighted by Crippen LogP contribution is -2.27. The average molecular weight is 391 g/mol. The summed E-state index contributed by atoms with van der Waals surface area (Å²) >= 11 is 0. The third-order valence-electron chi connectivity index (χ3n) is 4.13. The van der Waals surface area contributed by atoms with Crippen LogP contribution < -0.4 is 10.1 Å². The van der Waals surface area contributed by atoms with E-state index < -0.39 is 11.7 Å². The van der Waals surface area contributed by atoms with Gasteiger partial charge in [-0.2, -0.15) is 13.2 Å². The third-order valence-corrected chi connectivity index (χ3v) is 4.13. The van der Waals surface area contributed by atoms with Crippen LogP contribution in [0.25, 0.3) is 5.65 Å². The number of aromatic nitrogens is 2. The first-order chi connectivity index (χ1) is 13.3. The SMILES string of the molecule is CCOc1ccc(CC(=O)NCCc2cn3cc(C(F)(F)F)ccc3n2)cc1. The number of amides is 1. The molecule has 0 aliphatic rings. The van der Waals surface area contributed by atoms with Gasteiger partial charge < -0.3 is 14.5 Å². The molecule has 8 heteroatoms. The molecule has 0 unspecified atom stereocenters. The minimum atomic E-state index is -4.40. The van der Waals surface area contributed by atoms with Crippen molar-refractivity contribution in [3.05, 3.63) is 65.6 Å². The molecule has 3 aromatic rings. The zero-order valence-corrected chi connectivity index (χ0v) is 15.3. The number of fused-ring (bicyclic) bond motifs is 1. The highest BCUT2D eigenvalue weighted by Crippen LogP contribution is 2.29. The van der Waals surface area contributed by atoms with E-state index >= 15 is 0 Å². The Bertz CT molecular complexity index is 949. The largest absolute Gasteiger partial charge is 0.494 e. The second-order valence-electron chi connectivity index (χ2n) is 6.27. The lowest BCUT2D eigenvalue weighted by Gasteiger charge is -2.06. The first kappa shape index (κ1) is 19.7. The molecule has 0 radical (unpaired) electrons. The van der Waals surface area contributed by atoms with Crippen molar-refractivity contribution in [2.75, 3.05) is 13.2 Å². The lowest BCUT2D eigenvalue weighted by atomic mass is 10.1. The minimum Gasteiger partial charge on any atom is -0.494 e. The Labute approximate surface area is 160 Å². The standard InChI is InChI=1S/C20H20F3N3O2/c1-2-28-17-6-3-14(4-7-17)11-19(27)24-10-9-16-13-26-12-15(20(21,22)23)5-8-18(26)25-16/h3-8,12-13H,2,9-11H2,1H3,(H,24,27). The number of alkyl halides is 3. The summed E-state index contributed by atoms with van der Waals surface area (Å²) in [5, 5.41) is 2.80. The molecule has 1 aromatic carbocycles. The van der Waals surface area contributed by atoms with E-state index in [4.69, 9.17) is 4.74 Å². The van der Waals surface area contributed by atoms with E-state index in [9.17, 15) is 18.0 Å². The topological polar surface area (TPSA) is 55.6 Å². The minimum absolute atomic E-state index is 0.132. The van der Waals surface area contributed by atoms with Gasteiger partial charge >= 0.3 is 6.18 Å². The Balaban J connectivity index is 1.52. The van der Waals surface area contributed by atoms with Gasteiger partial charge in [0, 0.05) is 25.4 Å². The van der Waals surface area contributed by atoms with Crippen molar-refractivity contribution in [1.82, 2.24) is 14.7 Å². The Morgan fingerprint density at radius 3 is 2.57 bits per heavy atom. The first-order valence-corrected chi connectivity index (χ1v) is 8.88. The number of carbonyl (C=O) groups is 1. The number of hydrogen-bond acceptors (Lipinski definition) is 3. The number of rotatable bonds is 7. The van der Waals surface area contributed by atoms with Crippen LogP contribution in [-0.2, 0) is 23.8 Å². The fourth-order valence-corrected chi connectivity index (χ4v) is 2.78. The van der Waals surface area contributed by atoms with E-state index in [1.807, 2.05) is 31.2 Å². The predicted octanol–water partition coefficient (Wildman–Crippen LogP) is 3.65. The van der Waals surface area contributed by atoms with Gasteiger partial charge in [-0.3, -0.25) is 4.79 Å². The smallest absolute Gasteiger partial charge is 0.417 e. The summed E-state index contributed by atoms with van der Waals surface area (Å²) in [6.07, 6.45) is -1.17. The van der Waals surface area contributed by atoms with Crippen LogP contribution in [0.3, 0.4) is 0 Å². The highest BCUT2D eigenvalue weighted by molar-refractivity contribution is 5.78. The molecule has 0 saturated heterocycles. The van der Waals surface area contributed by atoms with Gasteiger partial charge in [-0.25, -0.2) is 4.98 Å². The van der Waals surface area contributed by atoms with E-state index in [0.717, 1.165) is 23.6 Å². The van der Waals surface area contributed by atoms with Crippen LogP contribution in [0.5, 0.6) is 5.75 Å². The van der Waals surface area contributed by atoms with E-state index in [1.54, 1.807) is 6.20 Å². The van der Waals surface area contributed by atoms with Crippen LogP contribution in [0.2, 0.25) is 0 Å². The summed E-state index contributed by atoms with van der Waals surface area (Å²) in [4.78, 5) is 16.3. The third kappa shape index (κ3) is 5.03.